The van der Waals surface area contributed by atoms with Crippen molar-refractivity contribution in [3.63, 3.8) is 0 Å². The highest BCUT2D eigenvalue weighted by Gasteiger charge is 2.23. The maximum atomic E-state index is 12.6. The van der Waals surface area contributed by atoms with Gasteiger partial charge in [0.05, 0.1) is 18.7 Å². The number of ether oxygens (including phenoxy) is 1. The van der Waals surface area contributed by atoms with Crippen LogP contribution in [0.2, 0.25) is 0 Å². The zero-order chi connectivity index (χ0) is 18.1. The van der Waals surface area contributed by atoms with Crippen LogP contribution >= 0.6 is 15.9 Å². The molecule has 0 bridgehead atoms. The average Bonchev–Trinajstić information content (AvgIpc) is 2.49. The van der Waals surface area contributed by atoms with E-state index in [0.717, 1.165) is 4.47 Å². The molecule has 128 valence electrons. The third-order valence-corrected chi connectivity index (χ3v) is 4.18. The normalized spacial score (nSPS) is 11.5. The quantitative estimate of drug-likeness (QED) is 0.744. The number of Topliss-reactive ketones (excluding diaryl/α,β-unsaturated/α-hetero) is 1. The highest BCUT2D eigenvalue weighted by atomic mass is 79.9. The molecule has 0 unspecified atom stereocenters. The van der Waals surface area contributed by atoms with E-state index in [0.29, 0.717) is 10.9 Å². The lowest BCUT2D eigenvalue weighted by Gasteiger charge is -2.19. The van der Waals surface area contributed by atoms with E-state index < -0.39 is 16.8 Å². The Kier molecular flexibility index (Phi) is 5.28. The zero-order valence-corrected chi connectivity index (χ0v) is 15.8. The van der Waals surface area contributed by atoms with Crippen LogP contribution in [0.25, 0.3) is 10.9 Å². The Morgan fingerprint density at radius 1 is 1.25 bits per heavy atom. The smallest absolute Gasteiger partial charge is 0.343 e. The van der Waals surface area contributed by atoms with E-state index in [1.54, 1.807) is 29.7 Å². The summed E-state index contributed by atoms with van der Waals surface area (Å²) in [6.45, 7) is 7.44. The minimum Gasteiger partial charge on any atom is -0.462 e. The predicted molar refractivity (Wildman–Crippen MR) is 96.3 cm³/mol. The second kappa shape index (κ2) is 6.89. The summed E-state index contributed by atoms with van der Waals surface area (Å²) in [7, 11) is 0. The van der Waals surface area contributed by atoms with E-state index in [1.165, 1.54) is 6.20 Å². The first-order valence-electron chi connectivity index (χ1n) is 7.68. The Balaban J connectivity index is 2.69. The molecule has 0 aliphatic carbocycles. The van der Waals surface area contributed by atoms with Gasteiger partial charge in [0.1, 0.15) is 5.56 Å². The largest absolute Gasteiger partial charge is 0.462 e. The topological polar surface area (TPSA) is 65.4 Å². The van der Waals surface area contributed by atoms with Crippen LogP contribution in [0.3, 0.4) is 0 Å². The molecule has 2 rings (SSSR count). The molecule has 0 saturated carbocycles. The first-order valence-corrected chi connectivity index (χ1v) is 8.47. The number of rotatable bonds is 4. The Morgan fingerprint density at radius 3 is 2.50 bits per heavy atom. The molecule has 0 atom stereocenters. The number of ketones is 1. The number of fused-ring (bicyclic) bond motifs is 1. The molecule has 1 heterocycles. The molecule has 0 N–H and O–H groups in total. The first kappa shape index (κ1) is 18.4. The third-order valence-electron chi connectivity index (χ3n) is 3.69. The number of carbonyl (C=O) groups is 2. The Labute approximate surface area is 148 Å². The fourth-order valence-electron chi connectivity index (χ4n) is 2.24. The maximum Gasteiger partial charge on any atom is 0.343 e. The number of pyridine rings is 1. The molecule has 0 radical (unpaired) electrons. The zero-order valence-electron chi connectivity index (χ0n) is 14.2. The van der Waals surface area contributed by atoms with Crippen molar-refractivity contribution in [2.45, 2.75) is 34.2 Å². The van der Waals surface area contributed by atoms with Gasteiger partial charge in [-0.2, -0.15) is 0 Å². The highest BCUT2D eigenvalue weighted by Crippen LogP contribution is 2.21. The van der Waals surface area contributed by atoms with Gasteiger partial charge in [-0.05, 0) is 25.1 Å². The lowest BCUT2D eigenvalue weighted by atomic mass is 9.90. The molecule has 5 nitrogen and oxygen atoms in total. The van der Waals surface area contributed by atoms with Gasteiger partial charge in [-0.25, -0.2) is 4.79 Å². The van der Waals surface area contributed by atoms with Crippen molar-refractivity contribution in [3.8, 4) is 0 Å². The predicted octanol–water partition coefficient (Wildman–Crippen LogP) is 3.56. The summed E-state index contributed by atoms with van der Waals surface area (Å²) in [5.41, 5.74) is -0.380. The molecule has 0 aliphatic rings. The van der Waals surface area contributed by atoms with Crippen LogP contribution < -0.4 is 5.43 Å². The van der Waals surface area contributed by atoms with Gasteiger partial charge >= 0.3 is 5.97 Å². The number of aromatic nitrogens is 1. The maximum absolute atomic E-state index is 12.6. The van der Waals surface area contributed by atoms with E-state index in [2.05, 4.69) is 15.9 Å². The van der Waals surface area contributed by atoms with E-state index in [-0.39, 0.29) is 24.5 Å². The molecule has 0 amide bonds. The Morgan fingerprint density at radius 2 is 1.92 bits per heavy atom. The average molecular weight is 394 g/mol. The molecule has 6 heteroatoms. The summed E-state index contributed by atoms with van der Waals surface area (Å²) in [6.07, 6.45) is 1.42. The first-order chi connectivity index (χ1) is 11.1. The van der Waals surface area contributed by atoms with E-state index >= 15 is 0 Å². The number of benzene rings is 1. The molecule has 0 aliphatic heterocycles. The molecule has 1 aromatic carbocycles. The standard InChI is InChI=1S/C18H20BrNO4/c1-5-24-17(23)13-9-20(10-15(21)18(2,3)4)14-8-11(19)6-7-12(14)16(13)22/h6-9H,5,10H2,1-4H3. The van der Waals surface area contributed by atoms with Crippen LogP contribution in [0.4, 0.5) is 0 Å². The minimum atomic E-state index is -0.677. The lowest BCUT2D eigenvalue weighted by Crippen LogP contribution is -2.27. The lowest BCUT2D eigenvalue weighted by molar-refractivity contribution is -0.126. The molecular weight excluding hydrogens is 374 g/mol. The van der Waals surface area contributed by atoms with E-state index in [9.17, 15) is 14.4 Å². The van der Waals surface area contributed by atoms with Gasteiger partial charge in [0.25, 0.3) is 0 Å². The van der Waals surface area contributed by atoms with E-state index in [1.807, 2.05) is 20.8 Å². The molecule has 0 spiro atoms. The summed E-state index contributed by atoms with van der Waals surface area (Å²) in [5.74, 6) is -0.675. The summed E-state index contributed by atoms with van der Waals surface area (Å²) >= 11 is 3.38. The van der Waals surface area contributed by atoms with Crippen molar-refractivity contribution in [2.75, 3.05) is 6.61 Å². The Bertz CT molecular complexity index is 862. The van der Waals surface area contributed by atoms with Gasteiger partial charge in [-0.3, -0.25) is 9.59 Å². The van der Waals surface area contributed by atoms with Crippen molar-refractivity contribution in [3.05, 3.63) is 44.7 Å². The van der Waals surface area contributed by atoms with Crippen molar-refractivity contribution in [1.82, 2.24) is 4.57 Å². The third kappa shape index (κ3) is 3.75. The minimum absolute atomic E-state index is 0.00207. The van der Waals surface area contributed by atoms with Crippen LogP contribution in [0.1, 0.15) is 38.1 Å². The molecule has 0 saturated heterocycles. The van der Waals surface area contributed by atoms with Gasteiger partial charge in [0.15, 0.2) is 5.78 Å². The number of esters is 1. The van der Waals surface area contributed by atoms with Gasteiger partial charge < -0.3 is 9.30 Å². The van der Waals surface area contributed by atoms with Crippen molar-refractivity contribution in [2.24, 2.45) is 5.41 Å². The summed E-state index contributed by atoms with van der Waals surface area (Å²) in [4.78, 5) is 37.1. The molecule has 0 fully saturated rings. The van der Waals surface area contributed by atoms with Crippen LogP contribution in [-0.4, -0.2) is 22.9 Å². The van der Waals surface area contributed by atoms with E-state index in [4.69, 9.17) is 4.74 Å². The Hall–Kier alpha value is -1.95. The van der Waals surface area contributed by atoms with Crippen LogP contribution in [0.5, 0.6) is 0 Å². The van der Waals surface area contributed by atoms with Crippen molar-refractivity contribution < 1.29 is 14.3 Å². The van der Waals surface area contributed by atoms with Crippen LogP contribution in [0, 0.1) is 5.41 Å². The second-order valence-electron chi connectivity index (χ2n) is 6.55. The molecular formula is C18H20BrNO4. The van der Waals surface area contributed by atoms with Gasteiger partial charge in [0.2, 0.25) is 5.43 Å². The molecule has 1 aromatic heterocycles. The summed E-state index contributed by atoms with van der Waals surface area (Å²) < 4.78 is 7.39. The number of nitrogens with zero attached hydrogens (tertiary/aromatic N) is 1. The number of carbonyl (C=O) groups excluding carboxylic acids is 2. The summed E-state index contributed by atoms with van der Waals surface area (Å²) in [6, 6.07) is 5.14. The van der Waals surface area contributed by atoms with Crippen molar-refractivity contribution in [1.29, 1.82) is 0 Å². The van der Waals surface area contributed by atoms with Gasteiger partial charge in [0, 0.05) is 21.5 Å². The number of halogens is 1. The van der Waals surface area contributed by atoms with Crippen LogP contribution in [-0.2, 0) is 16.1 Å². The SMILES string of the molecule is CCOC(=O)c1cn(CC(=O)C(C)(C)C)c2cc(Br)ccc2c1=O. The van der Waals surface area contributed by atoms with Crippen molar-refractivity contribution >= 4 is 38.6 Å². The van der Waals surface area contributed by atoms with Gasteiger partial charge in [-0.1, -0.05) is 36.7 Å². The molecule has 24 heavy (non-hydrogen) atoms. The fourth-order valence-corrected chi connectivity index (χ4v) is 2.59. The van der Waals surface area contributed by atoms with Gasteiger partial charge in [-0.15, -0.1) is 0 Å². The fraction of sp³-hybridized carbons (Fsp3) is 0.389. The second-order valence-corrected chi connectivity index (χ2v) is 7.47. The highest BCUT2D eigenvalue weighted by molar-refractivity contribution is 9.10. The number of hydrogen-bond acceptors (Lipinski definition) is 4. The summed E-state index contributed by atoms with van der Waals surface area (Å²) in [5, 5.41) is 0.380. The van der Waals surface area contributed by atoms with Crippen LogP contribution in [0.15, 0.2) is 33.7 Å². The number of hydrogen-bond donors (Lipinski definition) is 0. The monoisotopic (exact) mass is 393 g/mol. The molecule has 2 aromatic rings.